The van der Waals surface area contributed by atoms with E-state index in [9.17, 15) is 14.0 Å². The van der Waals surface area contributed by atoms with Gasteiger partial charge in [-0.1, -0.05) is 26.5 Å². The van der Waals surface area contributed by atoms with Crippen molar-refractivity contribution in [1.82, 2.24) is 10.8 Å². The molecular formula is C22H26FN3O4. The lowest BCUT2D eigenvalue weighted by Gasteiger charge is -2.15. The van der Waals surface area contributed by atoms with Crippen LogP contribution in [0.3, 0.4) is 0 Å². The highest BCUT2D eigenvalue weighted by molar-refractivity contribution is 6.05. The Labute approximate surface area is 175 Å². The minimum Gasteiger partial charge on any atom is -0.499 e. The number of rotatable bonds is 8. The van der Waals surface area contributed by atoms with E-state index in [-0.39, 0.29) is 30.4 Å². The molecule has 0 aromatic heterocycles. The maximum atomic E-state index is 14.3. The summed E-state index contributed by atoms with van der Waals surface area (Å²) >= 11 is 0. The first-order valence-corrected chi connectivity index (χ1v) is 9.62. The van der Waals surface area contributed by atoms with Gasteiger partial charge in [-0.3, -0.25) is 14.4 Å². The number of fused-ring (bicyclic) bond motifs is 1. The SMILES string of the molecule is C=COCCONC(=O)c1cc2c(cc1Nc1ccc(C)cc1F)C(=O)NC2.CC. The summed E-state index contributed by atoms with van der Waals surface area (Å²) in [6.45, 7) is 9.86. The minimum absolute atomic E-state index is 0.123. The average molecular weight is 415 g/mol. The van der Waals surface area contributed by atoms with Crippen molar-refractivity contribution >= 4 is 23.2 Å². The zero-order valence-electron chi connectivity index (χ0n) is 17.3. The van der Waals surface area contributed by atoms with E-state index in [1.165, 1.54) is 18.4 Å². The molecule has 8 heteroatoms. The number of benzene rings is 2. The number of hydrogen-bond donors (Lipinski definition) is 3. The number of amides is 2. The summed E-state index contributed by atoms with van der Waals surface area (Å²) in [5.74, 6) is -1.24. The van der Waals surface area contributed by atoms with Crippen LogP contribution < -0.4 is 16.1 Å². The average Bonchev–Trinajstić information content (AvgIpc) is 3.10. The summed E-state index contributed by atoms with van der Waals surface area (Å²) in [6, 6.07) is 7.81. The molecule has 0 radical (unpaired) electrons. The van der Waals surface area contributed by atoms with Gasteiger partial charge >= 0.3 is 0 Å². The van der Waals surface area contributed by atoms with Crippen molar-refractivity contribution in [3.05, 3.63) is 71.2 Å². The summed E-state index contributed by atoms with van der Waals surface area (Å²) in [6.07, 6.45) is 1.27. The predicted molar refractivity (Wildman–Crippen MR) is 113 cm³/mol. The van der Waals surface area contributed by atoms with Crippen LogP contribution >= 0.6 is 0 Å². The molecule has 2 amide bonds. The summed E-state index contributed by atoms with van der Waals surface area (Å²) in [5.41, 5.74) is 4.91. The highest BCUT2D eigenvalue weighted by atomic mass is 19.1. The smallest absolute Gasteiger partial charge is 0.276 e. The van der Waals surface area contributed by atoms with Gasteiger partial charge in [-0.05, 0) is 42.3 Å². The number of ether oxygens (including phenoxy) is 1. The van der Waals surface area contributed by atoms with Gasteiger partial charge < -0.3 is 15.4 Å². The zero-order valence-corrected chi connectivity index (χ0v) is 17.3. The third-order valence-electron chi connectivity index (χ3n) is 4.15. The molecule has 0 saturated carbocycles. The molecule has 1 aliphatic heterocycles. The van der Waals surface area contributed by atoms with Crippen molar-refractivity contribution < 1.29 is 23.6 Å². The second-order valence-corrected chi connectivity index (χ2v) is 6.16. The number of carbonyl (C=O) groups is 2. The van der Waals surface area contributed by atoms with Crippen molar-refractivity contribution in [3.63, 3.8) is 0 Å². The van der Waals surface area contributed by atoms with Crippen LogP contribution in [0.15, 0.2) is 43.2 Å². The largest absolute Gasteiger partial charge is 0.499 e. The molecule has 3 N–H and O–H groups in total. The van der Waals surface area contributed by atoms with E-state index in [4.69, 9.17) is 9.57 Å². The fourth-order valence-corrected chi connectivity index (χ4v) is 2.78. The van der Waals surface area contributed by atoms with Crippen LogP contribution in [0.2, 0.25) is 0 Å². The van der Waals surface area contributed by atoms with Gasteiger partial charge in [-0.2, -0.15) is 0 Å². The summed E-state index contributed by atoms with van der Waals surface area (Å²) in [7, 11) is 0. The number of anilines is 2. The highest BCUT2D eigenvalue weighted by Crippen LogP contribution is 2.29. The van der Waals surface area contributed by atoms with E-state index in [1.54, 1.807) is 25.1 Å². The Balaban J connectivity index is 0.00000155. The van der Waals surface area contributed by atoms with E-state index >= 15 is 0 Å². The van der Waals surface area contributed by atoms with Gasteiger partial charge in [-0.25, -0.2) is 9.87 Å². The van der Waals surface area contributed by atoms with Crippen LogP contribution in [0.25, 0.3) is 0 Å². The Kier molecular flexibility index (Phi) is 8.37. The molecule has 2 aromatic rings. The van der Waals surface area contributed by atoms with Crippen molar-refractivity contribution in [2.24, 2.45) is 0 Å². The summed E-state index contributed by atoms with van der Waals surface area (Å²) in [4.78, 5) is 29.6. The summed E-state index contributed by atoms with van der Waals surface area (Å²) in [5, 5.41) is 5.60. The molecule has 1 aliphatic rings. The monoisotopic (exact) mass is 415 g/mol. The maximum Gasteiger partial charge on any atom is 0.276 e. The number of carbonyl (C=O) groups excluding carboxylic acids is 2. The normalized spacial score (nSPS) is 11.5. The van der Waals surface area contributed by atoms with E-state index in [0.29, 0.717) is 23.4 Å². The van der Waals surface area contributed by atoms with E-state index in [0.717, 1.165) is 5.56 Å². The number of hydrogen-bond acceptors (Lipinski definition) is 5. The fourth-order valence-electron chi connectivity index (χ4n) is 2.78. The van der Waals surface area contributed by atoms with Gasteiger partial charge in [0, 0.05) is 12.1 Å². The minimum atomic E-state index is -0.532. The molecule has 0 bridgehead atoms. The zero-order chi connectivity index (χ0) is 22.1. The predicted octanol–water partition coefficient (Wildman–Crippen LogP) is 3.97. The number of halogens is 1. The van der Waals surface area contributed by atoms with Crippen molar-refractivity contribution in [1.29, 1.82) is 0 Å². The topological polar surface area (TPSA) is 88.7 Å². The van der Waals surface area contributed by atoms with E-state index < -0.39 is 11.7 Å². The van der Waals surface area contributed by atoms with Gasteiger partial charge in [0.05, 0.1) is 23.2 Å². The van der Waals surface area contributed by atoms with Gasteiger partial charge in [0.15, 0.2) is 0 Å². The lowest BCUT2D eigenvalue weighted by molar-refractivity contribution is 0.0145. The van der Waals surface area contributed by atoms with E-state index in [1.807, 2.05) is 13.8 Å². The Morgan fingerprint density at radius 2 is 2.00 bits per heavy atom. The third-order valence-corrected chi connectivity index (χ3v) is 4.15. The molecule has 1 heterocycles. The molecule has 2 aromatic carbocycles. The van der Waals surface area contributed by atoms with Crippen LogP contribution in [0.4, 0.5) is 15.8 Å². The molecule has 0 spiro atoms. The fraction of sp³-hybridized carbons (Fsp3) is 0.273. The number of hydroxylamine groups is 1. The standard InChI is InChI=1S/C20H20FN3O4.C2H6/c1-3-27-6-7-28-24-20(26)15-9-13-11-22-19(25)14(13)10-18(15)23-17-5-4-12(2)8-16(17)21;1-2/h3-5,8-10,23H,1,6-7,11H2,2H3,(H,22,25)(H,24,26);1-2H3. The highest BCUT2D eigenvalue weighted by Gasteiger charge is 2.24. The first kappa shape index (κ1) is 22.9. The number of aryl methyl sites for hydroxylation is 1. The molecule has 160 valence electrons. The molecule has 0 fully saturated rings. The van der Waals surface area contributed by atoms with Crippen LogP contribution in [-0.4, -0.2) is 25.0 Å². The van der Waals surface area contributed by atoms with Crippen molar-refractivity contribution in [3.8, 4) is 0 Å². The molecule has 30 heavy (non-hydrogen) atoms. The van der Waals surface area contributed by atoms with Gasteiger partial charge in [0.25, 0.3) is 11.8 Å². The quantitative estimate of drug-likeness (QED) is 0.345. The Morgan fingerprint density at radius 1 is 1.23 bits per heavy atom. The molecular weight excluding hydrogens is 389 g/mol. The van der Waals surface area contributed by atoms with Gasteiger partial charge in [0.1, 0.15) is 19.0 Å². The van der Waals surface area contributed by atoms with E-state index in [2.05, 4.69) is 22.7 Å². The lowest BCUT2D eigenvalue weighted by Crippen LogP contribution is -2.26. The van der Waals surface area contributed by atoms with Crippen molar-refractivity contribution in [2.45, 2.75) is 27.3 Å². The van der Waals surface area contributed by atoms with Crippen LogP contribution in [0.5, 0.6) is 0 Å². The van der Waals surface area contributed by atoms with Crippen molar-refractivity contribution in [2.75, 3.05) is 18.5 Å². The molecule has 0 atom stereocenters. The number of nitrogens with one attached hydrogen (secondary N) is 3. The van der Waals surface area contributed by atoms with Crippen LogP contribution in [0.1, 0.15) is 45.7 Å². The lowest BCUT2D eigenvalue weighted by atomic mass is 10.0. The second kappa shape index (κ2) is 11.0. The Morgan fingerprint density at radius 3 is 2.70 bits per heavy atom. The molecule has 0 aliphatic carbocycles. The van der Waals surface area contributed by atoms with Gasteiger partial charge in [0.2, 0.25) is 0 Å². The molecule has 7 nitrogen and oxygen atoms in total. The Bertz CT molecular complexity index is 931. The first-order chi connectivity index (χ1) is 14.5. The van der Waals surface area contributed by atoms with Gasteiger partial charge in [-0.15, -0.1) is 0 Å². The molecule has 0 unspecified atom stereocenters. The maximum absolute atomic E-state index is 14.3. The Hall–Kier alpha value is -3.39. The summed E-state index contributed by atoms with van der Waals surface area (Å²) < 4.78 is 19.2. The molecule has 3 rings (SSSR count). The van der Waals surface area contributed by atoms with Crippen LogP contribution in [0, 0.1) is 12.7 Å². The molecule has 0 saturated heterocycles. The first-order valence-electron chi connectivity index (χ1n) is 9.62. The third kappa shape index (κ3) is 5.57. The van der Waals surface area contributed by atoms with Crippen LogP contribution in [-0.2, 0) is 16.1 Å². The second-order valence-electron chi connectivity index (χ2n) is 6.16.